The van der Waals surface area contributed by atoms with Crippen molar-refractivity contribution in [1.29, 1.82) is 5.26 Å². The number of amides is 1. The topological polar surface area (TPSA) is 88.4 Å². The van der Waals surface area contributed by atoms with Crippen molar-refractivity contribution in [3.05, 3.63) is 23.8 Å². The fraction of sp³-hybridized carbons (Fsp3) is 0.550. The number of carbonyl (C=O) groups is 2. The number of carbonyl (C=O) groups excluding carboxylic acids is 2. The number of nitrogens with one attached hydrogen (secondary N) is 1. The third kappa shape index (κ3) is 6.49. The van der Waals surface area contributed by atoms with E-state index in [2.05, 4.69) is 12.2 Å². The van der Waals surface area contributed by atoms with Crippen molar-refractivity contribution in [2.75, 3.05) is 11.9 Å². The van der Waals surface area contributed by atoms with Gasteiger partial charge in [0.2, 0.25) is 0 Å². The molecule has 0 aromatic heterocycles. The van der Waals surface area contributed by atoms with Crippen LogP contribution in [0.5, 0.6) is 5.75 Å². The molecule has 26 heavy (non-hydrogen) atoms. The van der Waals surface area contributed by atoms with Crippen molar-refractivity contribution in [3.63, 3.8) is 0 Å². The summed E-state index contributed by atoms with van der Waals surface area (Å²) >= 11 is 0. The predicted octanol–water partition coefficient (Wildman–Crippen LogP) is 4.19. The zero-order valence-corrected chi connectivity index (χ0v) is 16.1. The third-order valence-electron chi connectivity index (χ3n) is 3.98. The van der Waals surface area contributed by atoms with Crippen molar-refractivity contribution in [2.24, 2.45) is 0 Å². The maximum atomic E-state index is 12.8. The van der Waals surface area contributed by atoms with Gasteiger partial charge in [0, 0.05) is 19.6 Å². The minimum absolute atomic E-state index is 0.225. The number of benzene rings is 1. The van der Waals surface area contributed by atoms with E-state index in [4.69, 9.17) is 9.47 Å². The van der Waals surface area contributed by atoms with Gasteiger partial charge >= 0.3 is 5.97 Å². The van der Waals surface area contributed by atoms with Gasteiger partial charge in [-0.25, -0.2) is 0 Å². The fourth-order valence-electron chi connectivity index (χ4n) is 2.50. The van der Waals surface area contributed by atoms with Crippen LogP contribution in [-0.2, 0) is 14.3 Å². The minimum atomic E-state index is -0.952. The van der Waals surface area contributed by atoms with Crippen LogP contribution in [0.15, 0.2) is 18.2 Å². The summed E-state index contributed by atoms with van der Waals surface area (Å²) < 4.78 is 10.8. The standard InChI is InChI=1S/C20H28N2O4/c1-5-7-8-11-20(4,25-12-6-2)19(24)22-18-10-9-17(26-15(3)23)13-16(18)14-21/h9-10,13H,5-8,11-12H2,1-4H3,(H,22,24)/t20-/m1/s1. The summed E-state index contributed by atoms with van der Waals surface area (Å²) in [6, 6.07) is 6.54. The van der Waals surface area contributed by atoms with E-state index in [0.29, 0.717) is 18.7 Å². The molecular formula is C20H28N2O4. The number of hydrogen-bond donors (Lipinski definition) is 1. The van der Waals surface area contributed by atoms with Crippen molar-refractivity contribution in [2.45, 2.75) is 65.4 Å². The second kappa shape index (κ2) is 10.6. The molecular weight excluding hydrogens is 332 g/mol. The summed E-state index contributed by atoms with van der Waals surface area (Å²) in [4.78, 5) is 23.9. The maximum absolute atomic E-state index is 12.8. The van der Waals surface area contributed by atoms with Crippen molar-refractivity contribution in [3.8, 4) is 11.8 Å². The van der Waals surface area contributed by atoms with Gasteiger partial charge in [-0.3, -0.25) is 9.59 Å². The van der Waals surface area contributed by atoms with E-state index in [1.807, 2.05) is 13.0 Å². The number of anilines is 1. The molecule has 1 atom stereocenters. The largest absolute Gasteiger partial charge is 0.427 e. The van der Waals surface area contributed by atoms with Crippen LogP contribution in [0.3, 0.4) is 0 Å². The smallest absolute Gasteiger partial charge is 0.308 e. The number of nitriles is 1. The Morgan fingerprint density at radius 2 is 1.96 bits per heavy atom. The molecule has 1 N–H and O–H groups in total. The van der Waals surface area contributed by atoms with E-state index >= 15 is 0 Å². The van der Waals surface area contributed by atoms with Gasteiger partial charge < -0.3 is 14.8 Å². The van der Waals surface area contributed by atoms with E-state index in [-0.39, 0.29) is 17.2 Å². The van der Waals surface area contributed by atoms with Crippen molar-refractivity contribution < 1.29 is 19.1 Å². The molecule has 0 spiro atoms. The summed E-state index contributed by atoms with van der Waals surface area (Å²) in [6.07, 6.45) is 4.40. The van der Waals surface area contributed by atoms with Gasteiger partial charge in [0.25, 0.3) is 5.91 Å². The fourth-order valence-corrected chi connectivity index (χ4v) is 2.50. The summed E-state index contributed by atoms with van der Waals surface area (Å²) in [5, 5.41) is 12.1. The monoisotopic (exact) mass is 360 g/mol. The quantitative estimate of drug-likeness (QED) is 0.384. The first-order chi connectivity index (χ1) is 12.4. The van der Waals surface area contributed by atoms with Gasteiger partial charge in [-0.2, -0.15) is 5.26 Å². The van der Waals surface area contributed by atoms with Gasteiger partial charge in [0.05, 0.1) is 11.3 Å². The molecule has 1 rings (SSSR count). The maximum Gasteiger partial charge on any atom is 0.308 e. The van der Waals surface area contributed by atoms with Crippen LogP contribution in [-0.4, -0.2) is 24.1 Å². The highest BCUT2D eigenvalue weighted by molar-refractivity contribution is 5.98. The number of unbranched alkanes of at least 4 members (excludes halogenated alkanes) is 2. The van der Waals surface area contributed by atoms with Gasteiger partial charge in [-0.15, -0.1) is 0 Å². The third-order valence-corrected chi connectivity index (χ3v) is 3.98. The van der Waals surface area contributed by atoms with E-state index < -0.39 is 11.6 Å². The summed E-state index contributed by atoms with van der Waals surface area (Å²) in [5.41, 5.74) is -0.356. The lowest BCUT2D eigenvalue weighted by atomic mass is 9.96. The Hall–Kier alpha value is -2.39. The Labute approximate surface area is 155 Å². The van der Waals surface area contributed by atoms with Gasteiger partial charge in [0.15, 0.2) is 0 Å². The Balaban J connectivity index is 2.96. The number of nitrogens with zero attached hydrogens (tertiary/aromatic N) is 1. The highest BCUT2D eigenvalue weighted by atomic mass is 16.5. The lowest BCUT2D eigenvalue weighted by Crippen LogP contribution is -2.43. The average molecular weight is 360 g/mol. The van der Waals surface area contributed by atoms with Crippen LogP contribution in [0.25, 0.3) is 0 Å². The lowest BCUT2D eigenvalue weighted by molar-refractivity contribution is -0.140. The van der Waals surface area contributed by atoms with Gasteiger partial charge in [-0.05, 0) is 31.9 Å². The first-order valence-corrected chi connectivity index (χ1v) is 9.04. The zero-order valence-electron chi connectivity index (χ0n) is 16.1. The molecule has 1 aromatic carbocycles. The molecule has 0 aliphatic rings. The number of rotatable bonds is 10. The molecule has 1 amide bonds. The minimum Gasteiger partial charge on any atom is -0.427 e. The first-order valence-electron chi connectivity index (χ1n) is 9.04. The second-order valence-corrected chi connectivity index (χ2v) is 6.40. The van der Waals surface area contributed by atoms with E-state index in [1.165, 1.54) is 13.0 Å². The Morgan fingerprint density at radius 3 is 2.54 bits per heavy atom. The van der Waals surface area contributed by atoms with Gasteiger partial charge in [0.1, 0.15) is 17.4 Å². The highest BCUT2D eigenvalue weighted by Gasteiger charge is 2.34. The molecule has 0 aliphatic carbocycles. The average Bonchev–Trinajstić information content (AvgIpc) is 2.60. The molecule has 6 heteroatoms. The van der Waals surface area contributed by atoms with Crippen molar-refractivity contribution >= 4 is 17.6 Å². The molecule has 6 nitrogen and oxygen atoms in total. The highest BCUT2D eigenvalue weighted by Crippen LogP contribution is 2.26. The summed E-state index contributed by atoms with van der Waals surface area (Å²) in [6.45, 7) is 7.66. The molecule has 1 aromatic rings. The SMILES string of the molecule is CCCCC[C@@](C)(OCCC)C(=O)Nc1ccc(OC(C)=O)cc1C#N. The Kier molecular flexibility index (Phi) is 8.80. The van der Waals surface area contributed by atoms with Gasteiger partial charge in [-0.1, -0.05) is 33.1 Å². The number of esters is 1. The second-order valence-electron chi connectivity index (χ2n) is 6.40. The van der Waals surface area contributed by atoms with Crippen LogP contribution in [0.2, 0.25) is 0 Å². The van der Waals surface area contributed by atoms with Crippen LogP contribution in [0.1, 0.15) is 65.4 Å². The predicted molar refractivity (Wildman–Crippen MR) is 99.9 cm³/mol. The normalized spacial score (nSPS) is 12.7. The summed E-state index contributed by atoms with van der Waals surface area (Å²) in [5.74, 6) is -0.485. The van der Waals surface area contributed by atoms with Crippen LogP contribution in [0.4, 0.5) is 5.69 Å². The lowest BCUT2D eigenvalue weighted by Gasteiger charge is -2.29. The van der Waals surface area contributed by atoms with Crippen LogP contribution < -0.4 is 10.1 Å². The summed E-state index contributed by atoms with van der Waals surface area (Å²) in [7, 11) is 0. The Bertz CT molecular complexity index is 666. The molecule has 0 fully saturated rings. The van der Waals surface area contributed by atoms with Crippen LogP contribution in [0, 0.1) is 11.3 Å². The molecule has 0 saturated heterocycles. The number of hydrogen-bond acceptors (Lipinski definition) is 5. The van der Waals surface area contributed by atoms with E-state index in [9.17, 15) is 14.9 Å². The molecule has 0 heterocycles. The Morgan fingerprint density at radius 1 is 1.23 bits per heavy atom. The molecule has 0 saturated carbocycles. The molecule has 0 radical (unpaired) electrons. The van der Waals surface area contributed by atoms with Crippen LogP contribution >= 0.6 is 0 Å². The first kappa shape index (κ1) is 21.7. The molecule has 0 unspecified atom stereocenters. The van der Waals surface area contributed by atoms with E-state index in [0.717, 1.165) is 25.7 Å². The molecule has 0 bridgehead atoms. The number of ether oxygens (including phenoxy) is 2. The molecule has 142 valence electrons. The van der Waals surface area contributed by atoms with E-state index in [1.54, 1.807) is 19.1 Å². The van der Waals surface area contributed by atoms with Crippen molar-refractivity contribution in [1.82, 2.24) is 0 Å². The molecule has 0 aliphatic heterocycles. The zero-order chi connectivity index (χ0) is 19.6.